The third-order valence-electron chi connectivity index (χ3n) is 6.47. The topological polar surface area (TPSA) is 113 Å². The van der Waals surface area contributed by atoms with Crippen LogP contribution in [0, 0.1) is 17.0 Å². The molecule has 9 nitrogen and oxygen atoms in total. The first-order valence-corrected chi connectivity index (χ1v) is 13.4. The van der Waals surface area contributed by atoms with Gasteiger partial charge in [-0.3, -0.25) is 14.9 Å². The number of aryl methyl sites for hydroxylation is 1. The number of ether oxygens (including phenoxy) is 1. The van der Waals surface area contributed by atoms with E-state index in [1.54, 1.807) is 36.4 Å². The van der Waals surface area contributed by atoms with Crippen molar-refractivity contribution < 1.29 is 14.1 Å². The Labute approximate surface area is 241 Å². The number of hydrogen-bond acceptors (Lipinski definition) is 7. The van der Waals surface area contributed by atoms with Crippen molar-refractivity contribution in [3.63, 3.8) is 0 Å². The van der Waals surface area contributed by atoms with E-state index in [0.29, 0.717) is 32.3 Å². The maximum atomic E-state index is 13.5. The highest BCUT2D eigenvalue weighted by Gasteiger charge is 2.21. The monoisotopic (exact) mass is 608 g/mol. The number of rotatable bonds is 7. The van der Waals surface area contributed by atoms with Crippen LogP contribution < -0.4 is 10.3 Å². The molecule has 0 aliphatic heterocycles. The summed E-state index contributed by atoms with van der Waals surface area (Å²) in [5.41, 5.74) is 2.84. The predicted octanol–water partition coefficient (Wildman–Crippen LogP) is 7.25. The van der Waals surface area contributed by atoms with Crippen molar-refractivity contribution >= 4 is 49.7 Å². The molecule has 0 N–H and O–H groups in total. The Morgan fingerprint density at radius 2 is 1.80 bits per heavy atom. The van der Waals surface area contributed by atoms with Crippen LogP contribution in [-0.2, 0) is 6.61 Å². The molecule has 202 valence electrons. The van der Waals surface area contributed by atoms with Gasteiger partial charge in [0.1, 0.15) is 12.2 Å². The van der Waals surface area contributed by atoms with E-state index < -0.39 is 10.5 Å². The van der Waals surface area contributed by atoms with Crippen LogP contribution >= 0.6 is 15.9 Å². The molecule has 0 atom stereocenters. The zero-order chi connectivity index (χ0) is 28.5. The molecule has 0 unspecified atom stereocenters. The second-order valence-electron chi connectivity index (χ2n) is 9.34. The number of nitro groups is 1. The number of nitro benzene ring substituents is 1. The lowest BCUT2D eigenvalue weighted by Crippen LogP contribution is -2.20. The summed E-state index contributed by atoms with van der Waals surface area (Å²) in [6, 6.07) is 26.9. The molecule has 6 rings (SSSR count). The molecule has 0 fully saturated rings. The number of aromatic nitrogens is 2. The van der Waals surface area contributed by atoms with E-state index in [0.717, 1.165) is 21.2 Å². The Kier molecular flexibility index (Phi) is 6.90. The number of furan rings is 1. The fourth-order valence-corrected chi connectivity index (χ4v) is 4.98. The van der Waals surface area contributed by atoms with Gasteiger partial charge in [-0.15, -0.1) is 0 Å². The molecule has 0 amide bonds. The average Bonchev–Trinajstić information content (AvgIpc) is 3.41. The van der Waals surface area contributed by atoms with Gasteiger partial charge in [-0.25, -0.2) is 4.98 Å². The molecule has 0 saturated carbocycles. The molecule has 0 bridgehead atoms. The summed E-state index contributed by atoms with van der Waals surface area (Å²) in [7, 11) is 0. The smallest absolute Gasteiger partial charge is 0.312 e. The van der Waals surface area contributed by atoms with Crippen LogP contribution in [0.4, 0.5) is 5.69 Å². The molecule has 2 heterocycles. The van der Waals surface area contributed by atoms with E-state index in [2.05, 4.69) is 26.0 Å². The largest absolute Gasteiger partial charge is 0.481 e. The zero-order valence-electron chi connectivity index (χ0n) is 21.7. The van der Waals surface area contributed by atoms with Gasteiger partial charge in [0.15, 0.2) is 5.76 Å². The summed E-state index contributed by atoms with van der Waals surface area (Å²) in [4.78, 5) is 29.6. The number of fused-ring (bicyclic) bond motifs is 2. The van der Waals surface area contributed by atoms with Gasteiger partial charge in [0.2, 0.25) is 11.6 Å². The quantitative estimate of drug-likeness (QED) is 0.107. The molecule has 10 heteroatoms. The first kappa shape index (κ1) is 26.1. The summed E-state index contributed by atoms with van der Waals surface area (Å²) in [5, 5.41) is 17.6. The van der Waals surface area contributed by atoms with Crippen LogP contribution in [0.15, 0.2) is 110 Å². The fourth-order valence-electron chi connectivity index (χ4n) is 4.40. The molecular formula is C31H21BrN4O5. The second-order valence-corrected chi connectivity index (χ2v) is 10.2. The SMILES string of the molecule is Cc1ccc(COc2c(Br)cc(C=Nn3c(-c4cc5ccccc5o4)nc4ccccc4c3=O)cc2[N+](=O)[O-])cc1. The van der Waals surface area contributed by atoms with Crippen molar-refractivity contribution in [3.8, 4) is 17.3 Å². The summed E-state index contributed by atoms with van der Waals surface area (Å²) < 4.78 is 13.3. The normalized spacial score (nSPS) is 11.5. The number of para-hydroxylation sites is 2. The molecule has 4 aromatic carbocycles. The van der Waals surface area contributed by atoms with E-state index in [1.807, 2.05) is 55.5 Å². The lowest BCUT2D eigenvalue weighted by molar-refractivity contribution is -0.386. The minimum absolute atomic E-state index is 0.0974. The summed E-state index contributed by atoms with van der Waals surface area (Å²) in [6.07, 6.45) is 1.37. The maximum Gasteiger partial charge on any atom is 0.312 e. The third kappa shape index (κ3) is 5.24. The molecule has 0 saturated heterocycles. The molecule has 2 aromatic heterocycles. The van der Waals surface area contributed by atoms with Crippen molar-refractivity contribution in [2.75, 3.05) is 0 Å². The second kappa shape index (κ2) is 10.8. The summed E-state index contributed by atoms with van der Waals surface area (Å²) >= 11 is 3.41. The van der Waals surface area contributed by atoms with Crippen molar-refractivity contribution in [3.05, 3.63) is 133 Å². The van der Waals surface area contributed by atoms with Crippen LogP contribution in [-0.4, -0.2) is 20.8 Å². The lowest BCUT2D eigenvalue weighted by atomic mass is 10.1. The molecule has 0 radical (unpaired) electrons. The maximum absolute atomic E-state index is 13.5. The number of hydrogen-bond donors (Lipinski definition) is 0. The van der Waals surface area contributed by atoms with Crippen LogP contribution in [0.25, 0.3) is 33.5 Å². The van der Waals surface area contributed by atoms with Crippen molar-refractivity contribution in [2.45, 2.75) is 13.5 Å². The Morgan fingerprint density at radius 1 is 1.05 bits per heavy atom. The predicted molar refractivity (Wildman–Crippen MR) is 161 cm³/mol. The molecular weight excluding hydrogens is 588 g/mol. The van der Waals surface area contributed by atoms with Gasteiger partial charge in [-0.05, 0) is 58.7 Å². The van der Waals surface area contributed by atoms with Crippen LogP contribution in [0.2, 0.25) is 0 Å². The van der Waals surface area contributed by atoms with Crippen molar-refractivity contribution in [1.29, 1.82) is 0 Å². The first-order chi connectivity index (χ1) is 19.9. The number of nitrogens with zero attached hydrogens (tertiary/aromatic N) is 4. The summed E-state index contributed by atoms with van der Waals surface area (Å²) in [6.45, 7) is 2.14. The minimum atomic E-state index is -0.518. The van der Waals surface area contributed by atoms with Gasteiger partial charge in [-0.1, -0.05) is 60.2 Å². The van der Waals surface area contributed by atoms with E-state index in [-0.39, 0.29) is 23.9 Å². The van der Waals surface area contributed by atoms with Crippen molar-refractivity contribution in [1.82, 2.24) is 9.66 Å². The van der Waals surface area contributed by atoms with Gasteiger partial charge < -0.3 is 9.15 Å². The summed E-state index contributed by atoms with van der Waals surface area (Å²) in [5.74, 6) is 0.659. The van der Waals surface area contributed by atoms with Crippen molar-refractivity contribution in [2.24, 2.45) is 5.10 Å². The third-order valence-corrected chi connectivity index (χ3v) is 7.06. The van der Waals surface area contributed by atoms with Gasteiger partial charge in [0.25, 0.3) is 5.56 Å². The van der Waals surface area contributed by atoms with E-state index in [4.69, 9.17) is 9.15 Å². The molecule has 0 spiro atoms. The van der Waals surface area contributed by atoms with Gasteiger partial charge >= 0.3 is 5.69 Å². The van der Waals surface area contributed by atoms with Crippen LogP contribution in [0.3, 0.4) is 0 Å². The highest BCUT2D eigenvalue weighted by molar-refractivity contribution is 9.10. The zero-order valence-corrected chi connectivity index (χ0v) is 23.2. The number of benzene rings is 4. The van der Waals surface area contributed by atoms with E-state index in [1.165, 1.54) is 12.3 Å². The van der Waals surface area contributed by atoms with Gasteiger partial charge in [-0.2, -0.15) is 9.78 Å². The van der Waals surface area contributed by atoms with Gasteiger partial charge in [0, 0.05) is 17.0 Å². The Balaban J connectivity index is 1.41. The van der Waals surface area contributed by atoms with Crippen LogP contribution in [0.5, 0.6) is 5.75 Å². The number of halogens is 1. The van der Waals surface area contributed by atoms with Gasteiger partial charge in [0.05, 0.1) is 26.5 Å². The minimum Gasteiger partial charge on any atom is -0.481 e. The van der Waals surface area contributed by atoms with Crippen LogP contribution in [0.1, 0.15) is 16.7 Å². The Morgan fingerprint density at radius 3 is 2.59 bits per heavy atom. The Bertz CT molecular complexity index is 2000. The fraction of sp³-hybridized carbons (Fsp3) is 0.0645. The molecule has 0 aliphatic carbocycles. The standard InChI is InChI=1S/C31H21BrN4O5/c1-19-10-12-20(13-11-19)18-40-29-24(32)14-21(15-26(29)36(38)39)17-33-35-30(28-16-22-6-2-5-9-27(22)41-28)34-25-8-4-3-7-23(25)31(35)37/h2-17H,18H2,1H3. The molecule has 0 aliphatic rings. The van der Waals surface area contributed by atoms with E-state index >= 15 is 0 Å². The lowest BCUT2D eigenvalue weighted by Gasteiger charge is -2.10. The Hall–Kier alpha value is -5.09. The molecule has 41 heavy (non-hydrogen) atoms. The highest BCUT2D eigenvalue weighted by Crippen LogP contribution is 2.37. The average molecular weight is 609 g/mol. The first-order valence-electron chi connectivity index (χ1n) is 12.6. The van der Waals surface area contributed by atoms with E-state index in [9.17, 15) is 14.9 Å². The highest BCUT2D eigenvalue weighted by atomic mass is 79.9. The molecule has 6 aromatic rings.